The molecule has 0 spiro atoms. The Hall–Kier alpha value is -1.80. The molecule has 10 heteroatoms. The second kappa shape index (κ2) is 6.77. The summed E-state index contributed by atoms with van der Waals surface area (Å²) < 4.78 is 28.1. The topological polar surface area (TPSA) is 114 Å². The van der Waals surface area contributed by atoms with Gasteiger partial charge in [0.1, 0.15) is 19.0 Å². The van der Waals surface area contributed by atoms with Crippen LogP contribution in [0.3, 0.4) is 0 Å². The highest BCUT2D eigenvalue weighted by atomic mass is 31.2. The Morgan fingerprint density at radius 1 is 1.33 bits per heavy atom. The first-order valence-electron chi connectivity index (χ1n) is 5.97. The van der Waals surface area contributed by atoms with Gasteiger partial charge in [0.15, 0.2) is 17.0 Å². The number of hydrogen-bond acceptors (Lipinski definition) is 8. The lowest BCUT2D eigenvalue weighted by Gasteiger charge is -2.12. The summed E-state index contributed by atoms with van der Waals surface area (Å²) in [7, 11) is -0.518. The molecule has 0 bridgehead atoms. The average Bonchev–Trinajstić information content (AvgIpc) is 2.91. The van der Waals surface area contributed by atoms with Crippen molar-refractivity contribution in [2.75, 3.05) is 32.9 Å². The summed E-state index contributed by atoms with van der Waals surface area (Å²) in [5.41, 5.74) is 6.82. The lowest BCUT2D eigenvalue weighted by atomic mass is 10.5. The normalized spacial score (nSPS) is 12.5. The molecule has 0 radical (unpaired) electrons. The molecule has 0 saturated carbocycles. The zero-order valence-electron chi connectivity index (χ0n) is 11.7. The fraction of sp³-hybridized carbons (Fsp3) is 0.364. The summed E-state index contributed by atoms with van der Waals surface area (Å²) >= 11 is 0. The van der Waals surface area contributed by atoms with Crippen LogP contribution in [-0.2, 0) is 18.3 Å². The maximum atomic E-state index is 11.7. The standard InChI is InChI=1S/C11H16N5O4P/c1-18-21(17,19-2)8-20-5-3-4-16-7-15-9-10(12)13-6-14-11(9)16/h3-4,6-7H,5,8H2,1-2H3,(H2,12,13,14)/b4-3-. The second-order valence-electron chi connectivity index (χ2n) is 3.94. The minimum atomic E-state index is -3.14. The summed E-state index contributed by atoms with van der Waals surface area (Å²) in [5, 5.41) is 0. The maximum Gasteiger partial charge on any atom is 0.355 e. The van der Waals surface area contributed by atoms with Crippen molar-refractivity contribution >= 4 is 30.8 Å². The van der Waals surface area contributed by atoms with Crippen LogP contribution in [0.4, 0.5) is 5.82 Å². The van der Waals surface area contributed by atoms with Gasteiger partial charge in [0.2, 0.25) is 0 Å². The van der Waals surface area contributed by atoms with Crippen LogP contribution in [0.15, 0.2) is 18.7 Å². The molecule has 0 fully saturated rings. The Balaban J connectivity index is 1.95. The molecule has 0 unspecified atom stereocenters. The molecule has 2 rings (SSSR count). The molecule has 0 aliphatic heterocycles. The third-order valence-electron chi connectivity index (χ3n) is 2.67. The van der Waals surface area contributed by atoms with Gasteiger partial charge in [-0.3, -0.25) is 9.13 Å². The van der Waals surface area contributed by atoms with E-state index < -0.39 is 7.60 Å². The molecule has 0 aliphatic carbocycles. The Bertz CT molecular complexity index is 678. The lowest BCUT2D eigenvalue weighted by Crippen LogP contribution is -2.00. The van der Waals surface area contributed by atoms with Crippen molar-refractivity contribution in [1.82, 2.24) is 19.5 Å². The third kappa shape index (κ3) is 3.64. The van der Waals surface area contributed by atoms with Crippen LogP contribution in [0.5, 0.6) is 0 Å². The molecular weight excluding hydrogens is 297 g/mol. The first-order valence-corrected chi connectivity index (χ1v) is 7.70. The van der Waals surface area contributed by atoms with E-state index >= 15 is 0 Å². The van der Waals surface area contributed by atoms with Gasteiger partial charge in [-0.05, 0) is 6.08 Å². The average molecular weight is 313 g/mol. The number of nitrogen functional groups attached to an aromatic ring is 1. The Morgan fingerprint density at radius 2 is 2.10 bits per heavy atom. The predicted octanol–water partition coefficient (Wildman–Crippen LogP) is 1.34. The van der Waals surface area contributed by atoms with Gasteiger partial charge in [-0.15, -0.1) is 0 Å². The van der Waals surface area contributed by atoms with E-state index in [1.54, 1.807) is 23.2 Å². The molecule has 0 aliphatic rings. The molecule has 21 heavy (non-hydrogen) atoms. The van der Waals surface area contributed by atoms with E-state index in [1.807, 2.05) is 0 Å². The summed E-state index contributed by atoms with van der Waals surface area (Å²) in [6.45, 7) is 0.233. The molecule has 0 atom stereocenters. The van der Waals surface area contributed by atoms with E-state index in [-0.39, 0.29) is 13.0 Å². The number of fused-ring (bicyclic) bond motifs is 1. The molecule has 9 nitrogen and oxygen atoms in total. The van der Waals surface area contributed by atoms with Gasteiger partial charge in [-0.25, -0.2) is 15.0 Å². The van der Waals surface area contributed by atoms with Crippen molar-refractivity contribution < 1.29 is 18.3 Å². The van der Waals surface area contributed by atoms with Gasteiger partial charge in [-0.1, -0.05) is 0 Å². The highest BCUT2D eigenvalue weighted by Gasteiger charge is 2.20. The van der Waals surface area contributed by atoms with Crippen molar-refractivity contribution in [3.63, 3.8) is 0 Å². The van der Waals surface area contributed by atoms with Crippen LogP contribution in [0.25, 0.3) is 17.4 Å². The van der Waals surface area contributed by atoms with E-state index in [0.29, 0.717) is 17.0 Å². The number of anilines is 1. The van der Waals surface area contributed by atoms with Crippen LogP contribution in [0.1, 0.15) is 0 Å². The number of aromatic nitrogens is 4. The molecule has 2 heterocycles. The molecule has 0 saturated heterocycles. The highest BCUT2D eigenvalue weighted by Crippen LogP contribution is 2.45. The summed E-state index contributed by atoms with van der Waals surface area (Å²) in [6.07, 6.45) is 6.25. The molecule has 2 aromatic rings. The molecule has 0 amide bonds. The fourth-order valence-corrected chi connectivity index (χ4v) is 2.24. The summed E-state index contributed by atoms with van der Waals surface area (Å²) in [6, 6.07) is 0. The molecule has 2 N–H and O–H groups in total. The van der Waals surface area contributed by atoms with E-state index in [0.717, 1.165) is 0 Å². The van der Waals surface area contributed by atoms with Crippen molar-refractivity contribution in [3.8, 4) is 0 Å². The van der Waals surface area contributed by atoms with Gasteiger partial charge in [0.25, 0.3) is 0 Å². The predicted molar refractivity (Wildman–Crippen MR) is 77.5 cm³/mol. The molecule has 114 valence electrons. The van der Waals surface area contributed by atoms with Crippen LogP contribution in [0.2, 0.25) is 0 Å². The minimum absolute atomic E-state index is 0.121. The smallest absolute Gasteiger partial charge is 0.355 e. The highest BCUT2D eigenvalue weighted by molar-refractivity contribution is 7.53. The number of hydrogen-bond donors (Lipinski definition) is 1. The Morgan fingerprint density at radius 3 is 2.81 bits per heavy atom. The number of ether oxygens (including phenoxy) is 1. The van der Waals surface area contributed by atoms with E-state index in [4.69, 9.17) is 19.5 Å². The zero-order chi connectivity index (χ0) is 15.3. The molecule has 0 aromatic carbocycles. The number of rotatable bonds is 7. The van der Waals surface area contributed by atoms with Crippen molar-refractivity contribution in [2.45, 2.75) is 0 Å². The van der Waals surface area contributed by atoms with Gasteiger partial charge in [0, 0.05) is 20.4 Å². The van der Waals surface area contributed by atoms with Gasteiger partial charge in [0.05, 0.1) is 6.61 Å². The SMILES string of the molecule is COP(=O)(COC/C=C\n1cnc2c(N)ncnc21)OC. The van der Waals surface area contributed by atoms with Crippen LogP contribution in [0, 0.1) is 0 Å². The second-order valence-corrected chi connectivity index (χ2v) is 6.15. The van der Waals surface area contributed by atoms with Crippen LogP contribution < -0.4 is 5.73 Å². The lowest BCUT2D eigenvalue weighted by molar-refractivity contribution is 0.168. The van der Waals surface area contributed by atoms with Crippen LogP contribution in [-0.4, -0.2) is 46.7 Å². The molecule has 2 aromatic heterocycles. The number of imidazole rings is 1. The van der Waals surface area contributed by atoms with Gasteiger partial charge in [-0.2, -0.15) is 0 Å². The van der Waals surface area contributed by atoms with E-state index in [1.165, 1.54) is 20.5 Å². The maximum absolute atomic E-state index is 11.7. The molecular formula is C11H16N5O4P. The first-order chi connectivity index (χ1) is 10.1. The van der Waals surface area contributed by atoms with Crippen LogP contribution >= 0.6 is 7.60 Å². The minimum Gasteiger partial charge on any atom is -0.382 e. The van der Waals surface area contributed by atoms with Crippen molar-refractivity contribution in [2.24, 2.45) is 0 Å². The van der Waals surface area contributed by atoms with E-state index in [9.17, 15) is 4.57 Å². The zero-order valence-corrected chi connectivity index (χ0v) is 12.6. The summed E-state index contributed by atoms with van der Waals surface area (Å²) in [4.78, 5) is 12.1. The Labute approximate surface area is 121 Å². The number of nitrogens with two attached hydrogens (primary N) is 1. The first kappa shape index (κ1) is 15.6. The Kier molecular flexibility index (Phi) is 5.03. The fourth-order valence-electron chi connectivity index (χ4n) is 1.55. The van der Waals surface area contributed by atoms with E-state index in [2.05, 4.69) is 15.0 Å². The van der Waals surface area contributed by atoms with Crippen molar-refractivity contribution in [3.05, 3.63) is 18.7 Å². The monoisotopic (exact) mass is 313 g/mol. The quantitative estimate of drug-likeness (QED) is 0.601. The largest absolute Gasteiger partial charge is 0.382 e. The van der Waals surface area contributed by atoms with Gasteiger partial charge >= 0.3 is 7.60 Å². The third-order valence-corrected chi connectivity index (χ3v) is 4.28. The number of nitrogens with zero attached hydrogens (tertiary/aromatic N) is 4. The van der Waals surface area contributed by atoms with Crippen molar-refractivity contribution in [1.29, 1.82) is 0 Å². The van der Waals surface area contributed by atoms with Gasteiger partial charge < -0.3 is 19.5 Å². The summed E-state index contributed by atoms with van der Waals surface area (Å²) in [5.74, 6) is 0.324.